The molecule has 1 aromatic rings. The summed E-state index contributed by atoms with van der Waals surface area (Å²) in [5.41, 5.74) is 0. The van der Waals surface area contributed by atoms with E-state index in [9.17, 15) is 0 Å². The molecule has 0 heterocycles. The molecule has 0 unspecified atom stereocenters. The van der Waals surface area contributed by atoms with Crippen LogP contribution in [0.2, 0.25) is 0 Å². The van der Waals surface area contributed by atoms with Crippen LogP contribution in [0.25, 0.3) is 0 Å². The van der Waals surface area contributed by atoms with Gasteiger partial charge in [-0.05, 0) is 26.1 Å². The third-order valence-corrected chi connectivity index (χ3v) is 4.02. The smallest absolute Gasteiger partial charge is 0.0162 e. The van der Waals surface area contributed by atoms with Crippen molar-refractivity contribution < 1.29 is 0 Å². The van der Waals surface area contributed by atoms with Gasteiger partial charge in [0.2, 0.25) is 0 Å². The third-order valence-electron chi connectivity index (χ3n) is 2.06. The monoisotopic (exact) mass is 218 g/mol. The molecule has 0 aliphatic heterocycles. The zero-order valence-corrected chi connectivity index (χ0v) is 10.5. The van der Waals surface area contributed by atoms with Gasteiger partial charge >= 0.3 is 0 Å². The minimum Gasteiger partial charge on any atom is -0.0837 e. The topological polar surface area (TPSA) is 0 Å². The first-order chi connectivity index (χ1) is 7.38. The van der Waals surface area contributed by atoms with E-state index in [1.807, 2.05) is 0 Å². The van der Waals surface area contributed by atoms with E-state index < -0.39 is 0 Å². The summed E-state index contributed by atoms with van der Waals surface area (Å²) >= 11 is 0. The molecule has 15 heavy (non-hydrogen) atoms. The maximum absolute atomic E-state index is 2.34. The quantitative estimate of drug-likeness (QED) is 0.631. The van der Waals surface area contributed by atoms with Gasteiger partial charge in [0.15, 0.2) is 0 Å². The van der Waals surface area contributed by atoms with Gasteiger partial charge in [-0.1, -0.05) is 68.0 Å². The lowest BCUT2D eigenvalue weighted by Crippen LogP contribution is -1.95. The molecular weight excluding hydrogens is 199 g/mol. The van der Waals surface area contributed by atoms with Crippen molar-refractivity contribution in [2.75, 3.05) is 0 Å². The number of allylic oxidation sites excluding steroid dienone is 2. The second-order valence-electron chi connectivity index (χ2n) is 3.33. The summed E-state index contributed by atoms with van der Waals surface area (Å²) in [4.78, 5) is 0. The number of benzene rings is 1. The van der Waals surface area contributed by atoms with Crippen molar-refractivity contribution in [2.45, 2.75) is 26.7 Å². The van der Waals surface area contributed by atoms with E-state index in [0.717, 1.165) is 12.8 Å². The largest absolute Gasteiger partial charge is 0.0837 e. The molecule has 0 bridgehead atoms. The average molecular weight is 218 g/mol. The second-order valence-corrected chi connectivity index (χ2v) is 5.26. The first-order valence-corrected chi connectivity index (χ1v) is 7.03. The highest BCUT2D eigenvalue weighted by atomic mass is 31.1. The Balaban J connectivity index is 2.81. The fourth-order valence-electron chi connectivity index (χ4n) is 1.26. The minimum absolute atomic E-state index is 0.229. The van der Waals surface area contributed by atoms with Gasteiger partial charge in [-0.25, -0.2) is 0 Å². The number of hydrogen-bond acceptors (Lipinski definition) is 0. The van der Waals surface area contributed by atoms with E-state index in [-0.39, 0.29) is 7.92 Å². The van der Waals surface area contributed by atoms with Crippen LogP contribution < -0.4 is 5.30 Å². The van der Waals surface area contributed by atoms with Crippen molar-refractivity contribution in [3.8, 4) is 0 Å². The molecule has 0 nitrogen and oxygen atoms in total. The molecule has 0 amide bonds. The van der Waals surface area contributed by atoms with E-state index >= 15 is 0 Å². The van der Waals surface area contributed by atoms with Crippen LogP contribution in [0.5, 0.6) is 0 Å². The van der Waals surface area contributed by atoms with Crippen LogP contribution in [0.3, 0.4) is 0 Å². The van der Waals surface area contributed by atoms with Gasteiger partial charge in [0.25, 0.3) is 0 Å². The summed E-state index contributed by atoms with van der Waals surface area (Å²) in [5, 5.41) is 1.43. The van der Waals surface area contributed by atoms with Crippen molar-refractivity contribution in [1.82, 2.24) is 0 Å². The summed E-state index contributed by atoms with van der Waals surface area (Å²) in [6.07, 6.45) is 6.76. The lowest BCUT2D eigenvalue weighted by atomic mass is 10.4. The Morgan fingerprint density at radius 1 is 0.933 bits per heavy atom. The molecule has 0 radical (unpaired) electrons. The maximum atomic E-state index is 2.34. The van der Waals surface area contributed by atoms with Crippen LogP contribution in [0.1, 0.15) is 26.7 Å². The van der Waals surface area contributed by atoms with Crippen LogP contribution in [0, 0.1) is 0 Å². The maximum Gasteiger partial charge on any atom is -0.0162 e. The van der Waals surface area contributed by atoms with E-state index in [0.29, 0.717) is 0 Å². The highest BCUT2D eigenvalue weighted by Gasteiger charge is 2.00. The zero-order chi connectivity index (χ0) is 10.9. The zero-order valence-electron chi connectivity index (χ0n) is 9.56. The Kier molecular flexibility index (Phi) is 6.04. The van der Waals surface area contributed by atoms with Crippen molar-refractivity contribution >= 4 is 13.2 Å². The van der Waals surface area contributed by atoms with Crippen LogP contribution in [-0.2, 0) is 0 Å². The Labute approximate surface area is 94.5 Å². The first-order valence-electron chi connectivity index (χ1n) is 5.55. The van der Waals surface area contributed by atoms with Crippen LogP contribution in [0.4, 0.5) is 0 Å². The molecule has 80 valence electrons. The molecular formula is C14H19P. The lowest BCUT2D eigenvalue weighted by molar-refractivity contribution is 1.23. The Hall–Kier alpha value is -0.870. The molecule has 0 saturated heterocycles. The highest BCUT2D eigenvalue weighted by molar-refractivity contribution is 7.71. The van der Waals surface area contributed by atoms with Crippen molar-refractivity contribution in [3.05, 3.63) is 54.1 Å². The van der Waals surface area contributed by atoms with E-state index in [1.165, 1.54) is 5.30 Å². The van der Waals surface area contributed by atoms with E-state index in [2.05, 4.69) is 68.0 Å². The standard InChI is InChI=1S/C14H19P/c1-3-5-12-15(13-6-4-2)14-10-8-7-9-11-14/h5-13H,3-4H2,1-2H3. The second kappa shape index (κ2) is 7.43. The van der Waals surface area contributed by atoms with E-state index in [1.54, 1.807) is 0 Å². The van der Waals surface area contributed by atoms with Crippen molar-refractivity contribution in [3.63, 3.8) is 0 Å². The molecule has 0 aliphatic carbocycles. The Morgan fingerprint density at radius 2 is 1.47 bits per heavy atom. The fraction of sp³-hybridized carbons (Fsp3) is 0.286. The average Bonchev–Trinajstić information content (AvgIpc) is 2.30. The minimum atomic E-state index is -0.229. The van der Waals surface area contributed by atoms with Gasteiger partial charge in [0.05, 0.1) is 0 Å². The van der Waals surface area contributed by atoms with Crippen LogP contribution in [0.15, 0.2) is 54.1 Å². The predicted molar refractivity (Wildman–Crippen MR) is 71.9 cm³/mol. The lowest BCUT2D eigenvalue weighted by Gasteiger charge is -2.08. The molecule has 0 atom stereocenters. The Morgan fingerprint density at radius 3 is 1.93 bits per heavy atom. The molecule has 0 fully saturated rings. The molecule has 1 aromatic carbocycles. The summed E-state index contributed by atoms with van der Waals surface area (Å²) < 4.78 is 0. The molecule has 1 heteroatoms. The molecule has 0 aliphatic rings. The normalized spacial score (nSPS) is 13.7. The van der Waals surface area contributed by atoms with Gasteiger partial charge in [-0.3, -0.25) is 0 Å². The molecule has 0 saturated carbocycles. The predicted octanol–water partition coefficient (Wildman–Crippen LogP) is 4.64. The van der Waals surface area contributed by atoms with Gasteiger partial charge in [0.1, 0.15) is 0 Å². The van der Waals surface area contributed by atoms with E-state index in [4.69, 9.17) is 0 Å². The van der Waals surface area contributed by atoms with Gasteiger partial charge in [-0.15, -0.1) is 0 Å². The van der Waals surface area contributed by atoms with Gasteiger partial charge in [0, 0.05) is 0 Å². The molecule has 0 spiro atoms. The number of hydrogen-bond donors (Lipinski definition) is 0. The molecule has 1 rings (SSSR count). The Bertz CT molecular complexity index is 297. The summed E-state index contributed by atoms with van der Waals surface area (Å²) in [5.74, 6) is 4.69. The highest BCUT2D eigenvalue weighted by Crippen LogP contribution is 2.37. The van der Waals surface area contributed by atoms with Gasteiger partial charge < -0.3 is 0 Å². The summed E-state index contributed by atoms with van der Waals surface area (Å²) in [6.45, 7) is 4.36. The van der Waals surface area contributed by atoms with Gasteiger partial charge in [-0.2, -0.15) is 0 Å². The van der Waals surface area contributed by atoms with Crippen molar-refractivity contribution in [1.29, 1.82) is 0 Å². The van der Waals surface area contributed by atoms with Crippen LogP contribution in [-0.4, -0.2) is 0 Å². The molecule has 0 N–H and O–H groups in total. The summed E-state index contributed by atoms with van der Waals surface area (Å²) in [7, 11) is -0.229. The SMILES string of the molecule is CCC=CP(C=CCC)c1ccccc1. The summed E-state index contributed by atoms with van der Waals surface area (Å²) in [6, 6.07) is 10.7. The van der Waals surface area contributed by atoms with Crippen LogP contribution >= 0.6 is 7.92 Å². The molecule has 0 aromatic heterocycles. The fourth-order valence-corrected chi connectivity index (χ4v) is 3.10. The van der Waals surface area contributed by atoms with Crippen molar-refractivity contribution in [2.24, 2.45) is 0 Å². The first kappa shape index (κ1) is 12.2. The number of rotatable bonds is 5. The third kappa shape index (κ3) is 4.44.